The van der Waals surface area contributed by atoms with Gasteiger partial charge in [-0.05, 0) is 70.2 Å². The second-order valence-corrected chi connectivity index (χ2v) is 8.94. The Morgan fingerprint density at radius 1 is 1.33 bits per heavy atom. The van der Waals surface area contributed by atoms with Gasteiger partial charge in [0.1, 0.15) is 5.82 Å². The molecule has 8 heteroatoms. The number of nitrogens with one attached hydrogen (secondary N) is 1. The number of benzene rings is 1. The summed E-state index contributed by atoms with van der Waals surface area (Å²) >= 11 is 5.80. The molecule has 1 aliphatic heterocycles. The lowest BCUT2D eigenvalue weighted by Gasteiger charge is -2.43. The number of aryl methyl sites for hydroxylation is 1. The summed E-state index contributed by atoms with van der Waals surface area (Å²) < 4.78 is 21.5. The van der Waals surface area contributed by atoms with Crippen LogP contribution in [0.4, 0.5) is 14.9 Å². The summed E-state index contributed by atoms with van der Waals surface area (Å²) in [6.45, 7) is 5.89. The van der Waals surface area contributed by atoms with Crippen LogP contribution >= 0.6 is 11.6 Å². The normalized spacial score (nSPS) is 17.6. The minimum absolute atomic E-state index is 0.0140. The summed E-state index contributed by atoms with van der Waals surface area (Å²) in [7, 11) is 0. The van der Waals surface area contributed by atoms with Crippen molar-refractivity contribution in [2.45, 2.75) is 70.7 Å². The van der Waals surface area contributed by atoms with Crippen LogP contribution in [0.5, 0.6) is 0 Å². The van der Waals surface area contributed by atoms with E-state index in [1.54, 1.807) is 4.90 Å². The van der Waals surface area contributed by atoms with E-state index in [2.05, 4.69) is 25.2 Å². The average Bonchev–Trinajstić information content (AvgIpc) is 3.08. The van der Waals surface area contributed by atoms with E-state index in [0.29, 0.717) is 25.3 Å². The molecule has 4 rings (SSSR count). The average molecular weight is 435 g/mol. The number of urea groups is 1. The van der Waals surface area contributed by atoms with Gasteiger partial charge in [-0.1, -0.05) is 11.6 Å². The minimum atomic E-state index is -0.508. The number of ether oxygens (including phenoxy) is 1. The van der Waals surface area contributed by atoms with Gasteiger partial charge in [0.2, 0.25) is 0 Å². The van der Waals surface area contributed by atoms with E-state index >= 15 is 0 Å². The molecule has 1 aromatic heterocycles. The molecule has 1 aliphatic carbocycles. The quantitative estimate of drug-likeness (QED) is 0.695. The highest BCUT2D eigenvalue weighted by Gasteiger charge is 2.38. The molecule has 1 N–H and O–H groups in total. The number of rotatable bonds is 6. The van der Waals surface area contributed by atoms with Gasteiger partial charge in [-0.15, -0.1) is 0 Å². The van der Waals surface area contributed by atoms with Crippen LogP contribution in [-0.4, -0.2) is 39.0 Å². The molecule has 0 bridgehead atoms. The molecule has 0 spiro atoms. The Labute approximate surface area is 181 Å². The summed E-state index contributed by atoms with van der Waals surface area (Å²) in [6, 6.07) is 6.02. The zero-order valence-electron chi connectivity index (χ0n) is 17.5. The highest BCUT2D eigenvalue weighted by molar-refractivity contribution is 6.31. The molecule has 2 aliphatic rings. The van der Waals surface area contributed by atoms with E-state index in [0.717, 1.165) is 37.1 Å². The Morgan fingerprint density at radius 3 is 2.80 bits per heavy atom. The Balaban J connectivity index is 1.35. The largest absolute Gasteiger partial charge is 0.372 e. The second kappa shape index (κ2) is 8.55. The molecule has 1 aromatic carbocycles. The van der Waals surface area contributed by atoms with Crippen LogP contribution in [0.3, 0.4) is 0 Å². The zero-order valence-corrected chi connectivity index (χ0v) is 18.2. The van der Waals surface area contributed by atoms with Gasteiger partial charge in [-0.2, -0.15) is 5.10 Å². The molecule has 6 nitrogen and oxygen atoms in total. The van der Waals surface area contributed by atoms with Gasteiger partial charge in [-0.25, -0.2) is 9.18 Å². The van der Waals surface area contributed by atoms with Gasteiger partial charge in [-0.3, -0.25) is 4.68 Å². The fourth-order valence-electron chi connectivity index (χ4n) is 4.25. The molecule has 0 saturated heterocycles. The number of carbonyl (C=O) groups is 1. The van der Waals surface area contributed by atoms with E-state index in [-0.39, 0.29) is 22.8 Å². The molecule has 0 radical (unpaired) electrons. The van der Waals surface area contributed by atoms with Gasteiger partial charge in [0.25, 0.3) is 0 Å². The number of nitrogens with zero attached hydrogens (tertiary/aromatic N) is 3. The first kappa shape index (κ1) is 21.1. The lowest BCUT2D eigenvalue weighted by molar-refractivity contribution is -0.132. The first-order valence-electron chi connectivity index (χ1n) is 10.6. The predicted octanol–water partition coefficient (Wildman–Crippen LogP) is 5.00. The molecular weight excluding hydrogens is 407 g/mol. The molecule has 0 atom stereocenters. The van der Waals surface area contributed by atoms with Crippen LogP contribution in [0.15, 0.2) is 24.3 Å². The number of anilines is 1. The van der Waals surface area contributed by atoms with Gasteiger partial charge >= 0.3 is 6.03 Å². The third-order valence-corrected chi connectivity index (χ3v) is 6.18. The summed E-state index contributed by atoms with van der Waals surface area (Å²) in [6.07, 6.45) is 5.59. The van der Waals surface area contributed by atoms with Gasteiger partial charge in [0.05, 0.1) is 41.2 Å². The molecule has 1 saturated carbocycles. The molecule has 2 aromatic rings. The summed E-state index contributed by atoms with van der Waals surface area (Å²) in [5.41, 5.74) is 2.56. The highest BCUT2D eigenvalue weighted by atomic mass is 35.5. The van der Waals surface area contributed by atoms with Crippen molar-refractivity contribution in [1.82, 2.24) is 14.7 Å². The van der Waals surface area contributed by atoms with Gasteiger partial charge in [0.15, 0.2) is 0 Å². The van der Waals surface area contributed by atoms with Crippen LogP contribution < -0.4 is 5.32 Å². The van der Waals surface area contributed by atoms with Crippen LogP contribution in [0, 0.1) is 5.82 Å². The maximum Gasteiger partial charge on any atom is 0.322 e. The fourth-order valence-corrected chi connectivity index (χ4v) is 4.43. The van der Waals surface area contributed by atoms with Crippen molar-refractivity contribution in [3.05, 3.63) is 46.5 Å². The number of carbonyl (C=O) groups excluding carboxylic acids is 1. The molecule has 1 fully saturated rings. The second-order valence-electron chi connectivity index (χ2n) is 8.53. The Morgan fingerprint density at radius 2 is 2.13 bits per heavy atom. The fraction of sp³-hybridized carbons (Fsp3) is 0.545. The number of aromatic nitrogens is 2. The number of fused-ring (bicyclic) bond motifs is 1. The molecule has 2 heterocycles. The number of hydrogen-bond acceptors (Lipinski definition) is 3. The molecule has 30 heavy (non-hydrogen) atoms. The van der Waals surface area contributed by atoms with Crippen molar-refractivity contribution in [3.8, 4) is 0 Å². The maximum absolute atomic E-state index is 13.3. The molecular formula is C22H28ClFN4O2. The highest BCUT2D eigenvalue weighted by Crippen LogP contribution is 2.40. The molecule has 0 unspecified atom stereocenters. The SMILES string of the molecule is CC(C)OC1(CCc2cc3n(n2)CCN(C(=O)Nc2ccc(F)c(Cl)c2)C3)CCC1. The predicted molar refractivity (Wildman–Crippen MR) is 114 cm³/mol. The van der Waals surface area contributed by atoms with Crippen molar-refractivity contribution in [2.75, 3.05) is 11.9 Å². The Kier molecular flexibility index (Phi) is 6.02. The monoisotopic (exact) mass is 434 g/mol. The van der Waals surface area contributed by atoms with Crippen molar-refractivity contribution >= 4 is 23.3 Å². The van der Waals surface area contributed by atoms with Crippen LogP contribution in [-0.2, 0) is 24.2 Å². The molecule has 2 amide bonds. The van der Waals surface area contributed by atoms with Crippen LogP contribution in [0.2, 0.25) is 5.02 Å². The van der Waals surface area contributed by atoms with Gasteiger partial charge in [0, 0.05) is 12.2 Å². The van der Waals surface area contributed by atoms with Crippen molar-refractivity contribution in [2.24, 2.45) is 0 Å². The zero-order chi connectivity index (χ0) is 21.3. The summed E-state index contributed by atoms with van der Waals surface area (Å²) in [4.78, 5) is 14.3. The first-order valence-corrected chi connectivity index (χ1v) is 11.0. The Bertz CT molecular complexity index is 926. The number of halogens is 2. The number of amides is 2. The van der Waals surface area contributed by atoms with E-state index in [1.165, 1.54) is 24.6 Å². The summed E-state index contributed by atoms with van der Waals surface area (Å²) in [5, 5.41) is 7.51. The van der Waals surface area contributed by atoms with E-state index in [4.69, 9.17) is 21.4 Å². The number of hydrogen-bond donors (Lipinski definition) is 1. The van der Waals surface area contributed by atoms with E-state index in [1.807, 2.05) is 4.68 Å². The van der Waals surface area contributed by atoms with Crippen LogP contribution in [0.1, 0.15) is 50.9 Å². The topological polar surface area (TPSA) is 59.4 Å². The standard InChI is InChI=1S/C22H28ClFN4O2/c1-15(2)30-22(7-3-8-22)9-6-17-12-18-14-27(10-11-28(18)26-17)21(29)25-16-4-5-20(24)19(23)13-16/h4-5,12-13,15H,3,6-11,14H2,1-2H3,(H,25,29). The smallest absolute Gasteiger partial charge is 0.322 e. The van der Waals surface area contributed by atoms with E-state index in [9.17, 15) is 9.18 Å². The minimum Gasteiger partial charge on any atom is -0.372 e. The lowest BCUT2D eigenvalue weighted by Crippen LogP contribution is -2.42. The third kappa shape index (κ3) is 4.62. The van der Waals surface area contributed by atoms with Crippen LogP contribution in [0.25, 0.3) is 0 Å². The third-order valence-electron chi connectivity index (χ3n) is 5.89. The van der Waals surface area contributed by atoms with Crippen molar-refractivity contribution in [3.63, 3.8) is 0 Å². The van der Waals surface area contributed by atoms with Gasteiger partial charge < -0.3 is 15.0 Å². The first-order chi connectivity index (χ1) is 14.3. The Hall–Kier alpha value is -2.12. The van der Waals surface area contributed by atoms with Crippen molar-refractivity contribution in [1.29, 1.82) is 0 Å². The molecule has 162 valence electrons. The maximum atomic E-state index is 13.3. The van der Waals surface area contributed by atoms with E-state index < -0.39 is 5.82 Å². The van der Waals surface area contributed by atoms with Crippen molar-refractivity contribution < 1.29 is 13.9 Å². The lowest BCUT2D eigenvalue weighted by atomic mass is 9.76. The summed E-state index contributed by atoms with van der Waals surface area (Å²) in [5.74, 6) is -0.508.